The van der Waals surface area contributed by atoms with E-state index in [0.29, 0.717) is 17.9 Å². The summed E-state index contributed by atoms with van der Waals surface area (Å²) in [5, 5.41) is 8.99. The fourth-order valence-electron chi connectivity index (χ4n) is 2.72. The number of hydrogen-bond acceptors (Lipinski definition) is 1. The first-order valence-electron chi connectivity index (χ1n) is 4.29. The molecular formula is C9H16O. The highest BCUT2D eigenvalue weighted by molar-refractivity contribution is 5.09. The van der Waals surface area contributed by atoms with Crippen LogP contribution in [0.3, 0.4) is 0 Å². The summed E-state index contributed by atoms with van der Waals surface area (Å²) in [5.74, 6) is 2.34. The van der Waals surface area contributed by atoms with Crippen molar-refractivity contribution in [1.82, 2.24) is 0 Å². The Hall–Kier alpha value is -0.0400. The Bertz CT molecular complexity index is 155. The Morgan fingerprint density at radius 1 is 1.60 bits per heavy atom. The van der Waals surface area contributed by atoms with E-state index in [1.165, 1.54) is 12.8 Å². The minimum Gasteiger partial charge on any atom is -0.396 e. The molecule has 0 saturated heterocycles. The molecule has 0 aromatic rings. The van der Waals surface area contributed by atoms with Crippen LogP contribution in [0.25, 0.3) is 0 Å². The van der Waals surface area contributed by atoms with Crippen molar-refractivity contribution in [3.63, 3.8) is 0 Å². The summed E-state index contributed by atoms with van der Waals surface area (Å²) in [6.07, 6.45) is 2.71. The van der Waals surface area contributed by atoms with Gasteiger partial charge in [0, 0.05) is 6.61 Å². The highest BCUT2D eigenvalue weighted by atomic mass is 16.3. The zero-order chi connectivity index (χ0) is 7.35. The summed E-state index contributed by atoms with van der Waals surface area (Å²) in [6, 6.07) is 0. The van der Waals surface area contributed by atoms with Gasteiger partial charge in [0.25, 0.3) is 0 Å². The van der Waals surface area contributed by atoms with Crippen LogP contribution in [-0.2, 0) is 0 Å². The number of hydrogen-bond donors (Lipinski definition) is 1. The van der Waals surface area contributed by atoms with E-state index in [1.807, 2.05) is 0 Å². The van der Waals surface area contributed by atoms with Gasteiger partial charge in [0.05, 0.1) is 0 Å². The molecule has 2 aliphatic carbocycles. The predicted octanol–water partition coefficient (Wildman–Crippen LogP) is 1.66. The van der Waals surface area contributed by atoms with Gasteiger partial charge in [0.15, 0.2) is 0 Å². The fourth-order valence-corrected chi connectivity index (χ4v) is 2.72. The fraction of sp³-hybridized carbons (Fsp3) is 1.00. The molecule has 4 atom stereocenters. The molecule has 4 unspecified atom stereocenters. The highest BCUT2D eigenvalue weighted by Crippen LogP contribution is 2.67. The van der Waals surface area contributed by atoms with Crippen molar-refractivity contribution in [2.45, 2.75) is 26.7 Å². The van der Waals surface area contributed by atoms with E-state index in [2.05, 4.69) is 13.8 Å². The third-order valence-corrected chi connectivity index (χ3v) is 4.03. The lowest BCUT2D eigenvalue weighted by Crippen LogP contribution is -2.17. The lowest BCUT2D eigenvalue weighted by atomic mass is 9.87. The van der Waals surface area contributed by atoms with E-state index < -0.39 is 0 Å². The summed E-state index contributed by atoms with van der Waals surface area (Å²) in [6.45, 7) is 5.08. The van der Waals surface area contributed by atoms with Crippen LogP contribution in [0, 0.1) is 23.2 Å². The molecule has 2 saturated carbocycles. The van der Waals surface area contributed by atoms with Gasteiger partial charge in [-0.15, -0.1) is 0 Å². The average Bonchev–Trinajstić information content (AvgIpc) is 2.51. The van der Waals surface area contributed by atoms with E-state index in [1.54, 1.807) is 0 Å². The topological polar surface area (TPSA) is 20.2 Å². The average molecular weight is 140 g/mol. The minimum atomic E-state index is 0.410. The van der Waals surface area contributed by atoms with Crippen LogP contribution in [0.4, 0.5) is 0 Å². The SMILES string of the molecule is CC1C(CO)CC2CC21C. The quantitative estimate of drug-likeness (QED) is 0.587. The van der Waals surface area contributed by atoms with Gasteiger partial charge in [-0.3, -0.25) is 0 Å². The number of rotatable bonds is 1. The summed E-state index contributed by atoms with van der Waals surface area (Å²) >= 11 is 0. The van der Waals surface area contributed by atoms with E-state index in [0.717, 1.165) is 11.8 Å². The molecule has 2 aliphatic rings. The van der Waals surface area contributed by atoms with Crippen LogP contribution in [0.2, 0.25) is 0 Å². The summed E-state index contributed by atoms with van der Waals surface area (Å²) < 4.78 is 0. The number of fused-ring (bicyclic) bond motifs is 1. The van der Waals surface area contributed by atoms with Gasteiger partial charge in [0.2, 0.25) is 0 Å². The standard InChI is InChI=1S/C9H16O/c1-6-7(5-10)3-8-4-9(6,8)2/h6-8,10H,3-5H2,1-2H3. The van der Waals surface area contributed by atoms with Crippen LogP contribution in [0.15, 0.2) is 0 Å². The Kier molecular flexibility index (Phi) is 1.17. The van der Waals surface area contributed by atoms with E-state index in [9.17, 15) is 0 Å². The second-order valence-electron chi connectivity index (χ2n) is 4.37. The molecule has 0 spiro atoms. The van der Waals surface area contributed by atoms with Crippen molar-refractivity contribution in [2.75, 3.05) is 6.61 Å². The lowest BCUT2D eigenvalue weighted by molar-refractivity contribution is 0.169. The minimum absolute atomic E-state index is 0.410. The summed E-state index contributed by atoms with van der Waals surface area (Å²) in [4.78, 5) is 0. The zero-order valence-corrected chi connectivity index (χ0v) is 6.80. The van der Waals surface area contributed by atoms with Gasteiger partial charge in [-0.2, -0.15) is 0 Å². The second-order valence-corrected chi connectivity index (χ2v) is 4.37. The molecule has 0 aromatic carbocycles. The van der Waals surface area contributed by atoms with Crippen LogP contribution in [0.1, 0.15) is 26.7 Å². The molecular weight excluding hydrogens is 124 g/mol. The van der Waals surface area contributed by atoms with Gasteiger partial charge < -0.3 is 5.11 Å². The first-order chi connectivity index (χ1) is 4.68. The molecule has 0 heterocycles. The predicted molar refractivity (Wildman–Crippen MR) is 40.6 cm³/mol. The molecule has 1 nitrogen and oxygen atoms in total. The van der Waals surface area contributed by atoms with Crippen LogP contribution < -0.4 is 0 Å². The molecule has 2 rings (SSSR count). The molecule has 0 amide bonds. The third kappa shape index (κ3) is 0.619. The summed E-state index contributed by atoms with van der Waals surface area (Å²) in [5.41, 5.74) is 0.632. The number of aliphatic hydroxyl groups is 1. The van der Waals surface area contributed by atoms with Gasteiger partial charge in [-0.1, -0.05) is 13.8 Å². The van der Waals surface area contributed by atoms with Gasteiger partial charge in [0.1, 0.15) is 0 Å². The molecule has 2 fully saturated rings. The molecule has 0 radical (unpaired) electrons. The Morgan fingerprint density at radius 2 is 2.30 bits per heavy atom. The molecule has 1 heteroatoms. The van der Waals surface area contributed by atoms with Gasteiger partial charge in [-0.05, 0) is 36.0 Å². The van der Waals surface area contributed by atoms with Crippen molar-refractivity contribution < 1.29 is 5.11 Å². The second kappa shape index (κ2) is 1.76. The molecule has 0 aliphatic heterocycles. The Balaban J connectivity index is 2.09. The first kappa shape index (κ1) is 6.66. The first-order valence-corrected chi connectivity index (χ1v) is 4.29. The maximum atomic E-state index is 8.99. The van der Waals surface area contributed by atoms with Crippen molar-refractivity contribution in [1.29, 1.82) is 0 Å². The maximum absolute atomic E-state index is 8.99. The third-order valence-electron chi connectivity index (χ3n) is 4.03. The number of aliphatic hydroxyl groups excluding tert-OH is 1. The van der Waals surface area contributed by atoms with Crippen molar-refractivity contribution in [2.24, 2.45) is 23.2 Å². The largest absolute Gasteiger partial charge is 0.396 e. The van der Waals surface area contributed by atoms with Crippen molar-refractivity contribution in [3.8, 4) is 0 Å². The van der Waals surface area contributed by atoms with Crippen molar-refractivity contribution >= 4 is 0 Å². The van der Waals surface area contributed by atoms with E-state index in [4.69, 9.17) is 5.11 Å². The summed E-state index contributed by atoms with van der Waals surface area (Å²) in [7, 11) is 0. The Morgan fingerprint density at radius 3 is 2.60 bits per heavy atom. The zero-order valence-electron chi connectivity index (χ0n) is 6.80. The molecule has 58 valence electrons. The van der Waals surface area contributed by atoms with Crippen LogP contribution in [-0.4, -0.2) is 11.7 Å². The van der Waals surface area contributed by atoms with E-state index in [-0.39, 0.29) is 0 Å². The highest BCUT2D eigenvalue weighted by Gasteiger charge is 2.60. The monoisotopic (exact) mass is 140 g/mol. The normalized spacial score (nSPS) is 58.5. The lowest BCUT2D eigenvalue weighted by Gasteiger charge is -2.20. The molecule has 0 bridgehead atoms. The Labute approximate surface area is 62.4 Å². The van der Waals surface area contributed by atoms with Gasteiger partial charge in [-0.25, -0.2) is 0 Å². The molecule has 10 heavy (non-hydrogen) atoms. The molecule has 1 N–H and O–H groups in total. The smallest absolute Gasteiger partial charge is 0.0462 e. The maximum Gasteiger partial charge on any atom is 0.0462 e. The van der Waals surface area contributed by atoms with Crippen LogP contribution in [0.5, 0.6) is 0 Å². The molecule has 0 aromatic heterocycles. The van der Waals surface area contributed by atoms with Crippen LogP contribution >= 0.6 is 0 Å². The van der Waals surface area contributed by atoms with Crippen molar-refractivity contribution in [3.05, 3.63) is 0 Å². The van der Waals surface area contributed by atoms with E-state index >= 15 is 0 Å². The van der Waals surface area contributed by atoms with Gasteiger partial charge >= 0.3 is 0 Å².